The van der Waals surface area contributed by atoms with Crippen LogP contribution in [0.5, 0.6) is 5.75 Å². The Morgan fingerprint density at radius 3 is 2.68 bits per heavy atom. The molecule has 0 spiro atoms. The number of ether oxygens (including phenoxy) is 1. The molecule has 4 heteroatoms. The van der Waals surface area contributed by atoms with Gasteiger partial charge < -0.3 is 4.74 Å². The second kappa shape index (κ2) is 6.47. The van der Waals surface area contributed by atoms with Gasteiger partial charge in [-0.25, -0.2) is 0 Å². The Balaban J connectivity index is 2.08. The predicted octanol–water partition coefficient (Wildman–Crippen LogP) is 4.53. The van der Waals surface area contributed by atoms with Gasteiger partial charge in [0, 0.05) is 16.5 Å². The summed E-state index contributed by atoms with van der Waals surface area (Å²) in [6.45, 7) is 0.357. The van der Waals surface area contributed by atoms with Crippen molar-refractivity contribution in [1.82, 2.24) is 0 Å². The van der Waals surface area contributed by atoms with Gasteiger partial charge in [0.15, 0.2) is 0 Å². The maximum Gasteiger partial charge on any atom is 0.120 e. The molecule has 0 aromatic heterocycles. The van der Waals surface area contributed by atoms with Gasteiger partial charge in [0.1, 0.15) is 12.4 Å². The van der Waals surface area contributed by atoms with Gasteiger partial charge in [-0.3, -0.25) is 0 Å². The molecule has 19 heavy (non-hydrogen) atoms. The normalized spacial score (nSPS) is 9.95. The lowest BCUT2D eigenvalue weighted by atomic mass is 10.1. The zero-order chi connectivity index (χ0) is 13.7. The minimum absolute atomic E-state index is 0.357. The molecule has 2 aromatic rings. The van der Waals surface area contributed by atoms with Crippen LogP contribution in [0.3, 0.4) is 0 Å². The average Bonchev–Trinajstić information content (AvgIpc) is 2.46. The fourth-order valence-electron chi connectivity index (χ4n) is 1.61. The van der Waals surface area contributed by atoms with Crippen LogP contribution >= 0.6 is 23.2 Å². The highest BCUT2D eigenvalue weighted by atomic mass is 35.5. The van der Waals surface area contributed by atoms with Crippen molar-refractivity contribution < 1.29 is 4.74 Å². The molecule has 0 heterocycles. The van der Waals surface area contributed by atoms with Crippen LogP contribution in [-0.4, -0.2) is 0 Å². The van der Waals surface area contributed by atoms with Crippen molar-refractivity contribution in [2.45, 2.75) is 12.5 Å². The molecule has 0 fully saturated rings. The Labute approximate surface area is 122 Å². The molecule has 2 nitrogen and oxygen atoms in total. The molecule has 0 saturated heterocycles. The lowest BCUT2D eigenvalue weighted by Crippen LogP contribution is -1.97. The van der Waals surface area contributed by atoms with Gasteiger partial charge in [-0.15, -0.1) is 11.6 Å². The van der Waals surface area contributed by atoms with Gasteiger partial charge in [-0.2, -0.15) is 5.26 Å². The monoisotopic (exact) mass is 291 g/mol. The van der Waals surface area contributed by atoms with Crippen molar-refractivity contribution in [3.05, 3.63) is 64.2 Å². The first kappa shape index (κ1) is 13.7. The molecule has 0 bridgehead atoms. The molecule has 0 aliphatic heterocycles. The summed E-state index contributed by atoms with van der Waals surface area (Å²) < 4.78 is 5.66. The summed E-state index contributed by atoms with van der Waals surface area (Å²) in [5.74, 6) is 1.20. The topological polar surface area (TPSA) is 33.0 Å². The summed E-state index contributed by atoms with van der Waals surface area (Å²) in [5.41, 5.74) is 2.39. The lowest BCUT2D eigenvalue weighted by Gasteiger charge is -2.08. The van der Waals surface area contributed by atoms with Crippen molar-refractivity contribution in [2.24, 2.45) is 0 Å². The van der Waals surface area contributed by atoms with Crippen LogP contribution in [0.1, 0.15) is 16.7 Å². The standard InChI is InChI=1S/C15H11Cl2NO/c16-8-11-2-1-3-14(6-11)19-10-13-5-4-12(9-18)7-15(13)17/h1-7H,8,10H2. The summed E-state index contributed by atoms with van der Waals surface area (Å²) >= 11 is 11.8. The smallest absolute Gasteiger partial charge is 0.120 e. The van der Waals surface area contributed by atoms with E-state index in [1.807, 2.05) is 30.3 Å². The van der Waals surface area contributed by atoms with Crippen LogP contribution in [0.2, 0.25) is 5.02 Å². The van der Waals surface area contributed by atoms with Crippen molar-refractivity contribution in [3.63, 3.8) is 0 Å². The Bertz CT molecular complexity index is 620. The van der Waals surface area contributed by atoms with E-state index >= 15 is 0 Å². The van der Waals surface area contributed by atoms with Crippen molar-refractivity contribution in [1.29, 1.82) is 5.26 Å². The molecular formula is C15H11Cl2NO. The lowest BCUT2D eigenvalue weighted by molar-refractivity contribution is 0.306. The Kier molecular flexibility index (Phi) is 4.68. The third kappa shape index (κ3) is 3.64. The number of nitrogens with zero attached hydrogens (tertiary/aromatic N) is 1. The summed E-state index contributed by atoms with van der Waals surface area (Å²) in [4.78, 5) is 0. The van der Waals surface area contributed by atoms with Gasteiger partial charge in [-0.1, -0.05) is 29.8 Å². The zero-order valence-corrected chi connectivity index (χ0v) is 11.6. The number of nitriles is 1. The van der Waals surface area contributed by atoms with Crippen LogP contribution < -0.4 is 4.74 Å². The molecule has 0 unspecified atom stereocenters. The minimum Gasteiger partial charge on any atom is -0.489 e. The highest BCUT2D eigenvalue weighted by Gasteiger charge is 2.03. The maximum atomic E-state index is 8.77. The molecule has 0 radical (unpaired) electrons. The largest absolute Gasteiger partial charge is 0.489 e. The van der Waals surface area contributed by atoms with E-state index in [0.29, 0.717) is 23.1 Å². The van der Waals surface area contributed by atoms with E-state index in [2.05, 4.69) is 0 Å². The Hall–Kier alpha value is -1.69. The molecule has 0 N–H and O–H groups in total. The second-order valence-electron chi connectivity index (χ2n) is 3.99. The van der Waals surface area contributed by atoms with Gasteiger partial charge >= 0.3 is 0 Å². The first-order chi connectivity index (χ1) is 9.22. The Morgan fingerprint density at radius 1 is 1.16 bits per heavy atom. The molecule has 2 aromatic carbocycles. The summed E-state index contributed by atoms with van der Waals surface area (Å²) in [6, 6.07) is 14.8. The maximum absolute atomic E-state index is 8.77. The number of benzene rings is 2. The van der Waals surface area contributed by atoms with E-state index in [4.69, 9.17) is 33.2 Å². The van der Waals surface area contributed by atoms with E-state index in [1.165, 1.54) is 0 Å². The molecule has 0 saturated carbocycles. The van der Waals surface area contributed by atoms with E-state index in [9.17, 15) is 0 Å². The van der Waals surface area contributed by atoms with Crippen molar-refractivity contribution in [3.8, 4) is 11.8 Å². The number of alkyl halides is 1. The van der Waals surface area contributed by atoms with Crippen LogP contribution in [0.4, 0.5) is 0 Å². The van der Waals surface area contributed by atoms with Crippen LogP contribution in [-0.2, 0) is 12.5 Å². The highest BCUT2D eigenvalue weighted by molar-refractivity contribution is 6.31. The first-order valence-corrected chi connectivity index (χ1v) is 6.60. The van der Waals surface area contributed by atoms with E-state index in [1.54, 1.807) is 18.2 Å². The van der Waals surface area contributed by atoms with Gasteiger partial charge in [-0.05, 0) is 29.8 Å². The number of hydrogen-bond donors (Lipinski definition) is 0. The molecule has 2 rings (SSSR count). The van der Waals surface area contributed by atoms with Gasteiger partial charge in [0.05, 0.1) is 11.6 Å². The fraction of sp³-hybridized carbons (Fsp3) is 0.133. The molecule has 0 aliphatic carbocycles. The van der Waals surface area contributed by atoms with E-state index in [-0.39, 0.29) is 0 Å². The van der Waals surface area contributed by atoms with Gasteiger partial charge in [0.25, 0.3) is 0 Å². The SMILES string of the molecule is N#Cc1ccc(COc2cccc(CCl)c2)c(Cl)c1. The van der Waals surface area contributed by atoms with Crippen LogP contribution in [0, 0.1) is 11.3 Å². The van der Waals surface area contributed by atoms with Crippen LogP contribution in [0.15, 0.2) is 42.5 Å². The number of hydrogen-bond acceptors (Lipinski definition) is 2. The second-order valence-corrected chi connectivity index (χ2v) is 4.66. The highest BCUT2D eigenvalue weighted by Crippen LogP contribution is 2.21. The molecular weight excluding hydrogens is 281 g/mol. The summed E-state index contributed by atoms with van der Waals surface area (Å²) in [6.07, 6.45) is 0. The average molecular weight is 292 g/mol. The molecule has 96 valence electrons. The molecule has 0 atom stereocenters. The predicted molar refractivity (Wildman–Crippen MR) is 76.5 cm³/mol. The number of rotatable bonds is 4. The van der Waals surface area contributed by atoms with Crippen molar-refractivity contribution >= 4 is 23.2 Å². The van der Waals surface area contributed by atoms with Crippen molar-refractivity contribution in [2.75, 3.05) is 0 Å². The Morgan fingerprint density at radius 2 is 2.00 bits per heavy atom. The fourth-order valence-corrected chi connectivity index (χ4v) is 2.01. The van der Waals surface area contributed by atoms with E-state index < -0.39 is 0 Å². The van der Waals surface area contributed by atoms with E-state index in [0.717, 1.165) is 16.9 Å². The summed E-state index contributed by atoms with van der Waals surface area (Å²) in [5, 5.41) is 9.30. The number of halogens is 2. The van der Waals surface area contributed by atoms with Gasteiger partial charge in [0.2, 0.25) is 0 Å². The first-order valence-electron chi connectivity index (χ1n) is 5.69. The third-order valence-corrected chi connectivity index (χ3v) is 3.29. The van der Waals surface area contributed by atoms with Crippen LogP contribution in [0.25, 0.3) is 0 Å². The molecule has 0 aliphatic rings. The zero-order valence-electron chi connectivity index (χ0n) is 10.1. The summed E-state index contributed by atoms with van der Waals surface area (Å²) in [7, 11) is 0. The third-order valence-electron chi connectivity index (χ3n) is 2.63. The molecule has 0 amide bonds. The quantitative estimate of drug-likeness (QED) is 0.776. The minimum atomic E-state index is 0.357.